The molecule has 1 unspecified atom stereocenters. The van der Waals surface area contributed by atoms with Gasteiger partial charge >= 0.3 is 5.69 Å². The van der Waals surface area contributed by atoms with Gasteiger partial charge in [0.15, 0.2) is 5.82 Å². The number of likely N-dealkylation sites (tertiary alicyclic amines) is 1. The number of imidazole rings is 1. The third kappa shape index (κ3) is 7.88. The minimum atomic E-state index is -3.88. The zero-order valence-electron chi connectivity index (χ0n) is 33.8. The van der Waals surface area contributed by atoms with Crippen LogP contribution in [0, 0.1) is 5.82 Å². The maximum Gasteiger partial charge on any atom is 0.329 e. The first-order valence-electron chi connectivity index (χ1n) is 20.4. The van der Waals surface area contributed by atoms with Gasteiger partial charge in [-0.15, -0.1) is 0 Å². The summed E-state index contributed by atoms with van der Waals surface area (Å²) in [6, 6.07) is 21.0. The molecule has 3 fully saturated rings. The van der Waals surface area contributed by atoms with Crippen molar-refractivity contribution in [3.8, 4) is 5.75 Å². The number of hydrogen-bond donors (Lipinski definition) is 4. The molecular formula is C43H46FN7O9S2. The number of amides is 3. The van der Waals surface area contributed by atoms with Crippen LogP contribution >= 0.6 is 11.0 Å². The van der Waals surface area contributed by atoms with Crippen LogP contribution in [0.4, 0.5) is 10.1 Å². The number of sulfonamides is 1. The van der Waals surface area contributed by atoms with E-state index in [1.807, 2.05) is 54.6 Å². The van der Waals surface area contributed by atoms with Crippen molar-refractivity contribution in [2.24, 2.45) is 7.05 Å². The summed E-state index contributed by atoms with van der Waals surface area (Å²) in [5.41, 5.74) is 3.93. The molecule has 326 valence electrons. The van der Waals surface area contributed by atoms with E-state index >= 15 is 4.39 Å². The molecule has 5 aromatic rings. The van der Waals surface area contributed by atoms with Gasteiger partial charge < -0.3 is 9.64 Å². The molecule has 3 amide bonds. The van der Waals surface area contributed by atoms with Gasteiger partial charge in [-0.3, -0.25) is 37.9 Å². The molecular weight excluding hydrogens is 842 g/mol. The van der Waals surface area contributed by atoms with E-state index in [1.165, 1.54) is 13.4 Å². The second-order valence-electron chi connectivity index (χ2n) is 16.2. The van der Waals surface area contributed by atoms with Crippen molar-refractivity contribution < 1.29 is 41.0 Å². The highest BCUT2D eigenvalue weighted by Gasteiger charge is 2.39. The number of rotatable bonds is 11. The normalized spacial score (nSPS) is 20.8. The highest BCUT2D eigenvalue weighted by Crippen LogP contribution is 2.51. The number of benzene rings is 4. The van der Waals surface area contributed by atoms with Crippen LogP contribution in [0.25, 0.3) is 27.4 Å². The number of nitrogens with zero attached hydrogens (tertiary/aromatic N) is 5. The summed E-state index contributed by atoms with van der Waals surface area (Å²) in [4.78, 5) is 52.0. The Morgan fingerprint density at radius 2 is 1.68 bits per heavy atom. The molecule has 4 N–H and O–H groups in total. The van der Waals surface area contributed by atoms with E-state index in [4.69, 9.17) is 4.74 Å². The highest BCUT2D eigenvalue weighted by molar-refractivity contribution is 8.24. The fourth-order valence-corrected chi connectivity index (χ4v) is 11.5. The van der Waals surface area contributed by atoms with Crippen molar-refractivity contribution >= 4 is 71.8 Å². The fourth-order valence-electron chi connectivity index (χ4n) is 8.94. The van der Waals surface area contributed by atoms with Crippen molar-refractivity contribution in [2.75, 3.05) is 49.3 Å². The number of piperidine rings is 2. The van der Waals surface area contributed by atoms with Gasteiger partial charge in [-0.05, 0) is 101 Å². The molecule has 0 spiro atoms. The van der Waals surface area contributed by atoms with Crippen LogP contribution in [0.2, 0.25) is 0 Å². The predicted octanol–water partition coefficient (Wildman–Crippen LogP) is 4.61. The van der Waals surface area contributed by atoms with E-state index in [0.29, 0.717) is 47.2 Å². The van der Waals surface area contributed by atoms with Crippen molar-refractivity contribution in [1.29, 1.82) is 0 Å². The van der Waals surface area contributed by atoms with Crippen LogP contribution in [0.3, 0.4) is 0 Å². The van der Waals surface area contributed by atoms with Gasteiger partial charge in [-0.2, -0.15) is 4.31 Å². The minimum Gasteiger partial charge on any atom is -0.487 e. The zero-order valence-corrected chi connectivity index (χ0v) is 35.5. The summed E-state index contributed by atoms with van der Waals surface area (Å²) >= 11 is 0. The van der Waals surface area contributed by atoms with Gasteiger partial charge in [0.25, 0.3) is 5.91 Å². The number of fused-ring (bicyclic) bond motifs is 2. The van der Waals surface area contributed by atoms with Crippen molar-refractivity contribution in [2.45, 2.75) is 44.2 Å². The molecule has 0 bridgehead atoms. The van der Waals surface area contributed by atoms with Crippen LogP contribution < -0.4 is 24.8 Å². The minimum absolute atomic E-state index is 0.0264. The molecule has 0 radical (unpaired) electrons. The number of carbonyl (C=O) groups is 3. The number of ether oxygens (including phenoxy) is 1. The molecule has 4 aliphatic rings. The summed E-state index contributed by atoms with van der Waals surface area (Å²) < 4.78 is 78.8. The molecule has 3 saturated heterocycles. The third-order valence-electron chi connectivity index (χ3n) is 12.4. The first-order chi connectivity index (χ1) is 29.7. The maximum absolute atomic E-state index is 16.7. The standard InChI is InChI=1S/C43H46FN7O9S2/c1-47-36-22-30(9-10-34(36)51(43(47)55)35-11-12-38(52)45-42(35)54)28-13-16-48(17-14-28)19-20-61(56,57)49-18-15-32(24-49)29-7-8-31-23-37(60-26-27-5-3-2-4-6-27)41(40(44)33(31)21-29)50-25-39(53)46-62(50,58)59/h2-10,15,21-23,28,35,58-59H,11-14,16-20,24-26H2,1H3,(H,46,53)(H,45,52,54). The van der Waals surface area contributed by atoms with E-state index < -0.39 is 51.2 Å². The van der Waals surface area contributed by atoms with Gasteiger partial charge in [0, 0.05) is 38.5 Å². The molecule has 1 atom stereocenters. The first-order valence-corrected chi connectivity index (χ1v) is 23.5. The van der Waals surface area contributed by atoms with Crippen LogP contribution in [-0.2, 0) is 38.1 Å². The summed E-state index contributed by atoms with van der Waals surface area (Å²) in [7, 11) is -5.88. The monoisotopic (exact) mass is 887 g/mol. The maximum atomic E-state index is 16.7. The Morgan fingerprint density at radius 1 is 0.903 bits per heavy atom. The van der Waals surface area contributed by atoms with Gasteiger partial charge in [0.2, 0.25) is 21.8 Å². The van der Waals surface area contributed by atoms with Crippen LogP contribution in [0.1, 0.15) is 54.3 Å². The number of aromatic nitrogens is 2. The average Bonchev–Trinajstić information content (AvgIpc) is 3.93. The number of anilines is 1. The molecule has 16 nitrogen and oxygen atoms in total. The molecule has 19 heteroatoms. The lowest BCUT2D eigenvalue weighted by molar-refractivity contribution is -0.135. The number of carbonyl (C=O) groups excluding carboxylic acids is 3. The lowest BCUT2D eigenvalue weighted by Gasteiger charge is -2.37. The predicted molar refractivity (Wildman–Crippen MR) is 233 cm³/mol. The fraction of sp³-hybridized carbons (Fsp3) is 0.349. The van der Waals surface area contributed by atoms with Crippen molar-refractivity contribution in [3.63, 3.8) is 0 Å². The molecule has 4 aliphatic heterocycles. The Kier molecular flexibility index (Phi) is 11.0. The van der Waals surface area contributed by atoms with Gasteiger partial charge in [0.05, 0.1) is 16.8 Å². The van der Waals surface area contributed by atoms with E-state index in [1.54, 1.807) is 31.3 Å². The molecule has 5 heterocycles. The van der Waals surface area contributed by atoms with Crippen LogP contribution in [0.5, 0.6) is 5.75 Å². The van der Waals surface area contributed by atoms with Gasteiger partial charge in [-0.25, -0.2) is 26.6 Å². The Balaban J connectivity index is 0.844. The summed E-state index contributed by atoms with van der Waals surface area (Å²) in [5.74, 6) is -2.16. The molecule has 4 aromatic carbocycles. The Morgan fingerprint density at radius 3 is 2.40 bits per heavy atom. The highest BCUT2D eigenvalue weighted by atomic mass is 32.3. The third-order valence-corrected chi connectivity index (χ3v) is 15.6. The number of hydrogen-bond acceptors (Lipinski definition) is 11. The Labute approximate surface area is 358 Å². The van der Waals surface area contributed by atoms with E-state index in [9.17, 15) is 36.7 Å². The van der Waals surface area contributed by atoms with Gasteiger partial charge in [-0.1, -0.05) is 54.6 Å². The van der Waals surface area contributed by atoms with E-state index in [2.05, 4.69) is 14.9 Å². The Bertz CT molecular complexity index is 2840. The lowest BCUT2D eigenvalue weighted by atomic mass is 9.89. The topological polar surface area (TPSA) is 196 Å². The Hall–Kier alpha value is -5.57. The molecule has 0 aliphatic carbocycles. The SMILES string of the molecule is Cn1c(=O)n(C2CCC(=O)NC2=O)c2ccc(C3CCN(CCS(=O)(=O)N4CC=C(c5ccc6cc(OCc7ccccc7)c(N7CC(=O)NS7(O)O)c(F)c6c5)C4)CC3)cc21. The van der Waals surface area contributed by atoms with Gasteiger partial charge in [0.1, 0.15) is 30.6 Å². The zero-order chi connectivity index (χ0) is 43.5. The average molecular weight is 888 g/mol. The molecule has 1 aromatic heterocycles. The molecule has 62 heavy (non-hydrogen) atoms. The summed E-state index contributed by atoms with van der Waals surface area (Å²) in [6.07, 6.45) is 3.84. The van der Waals surface area contributed by atoms with E-state index in [0.717, 1.165) is 28.3 Å². The number of nitrogens with one attached hydrogen (secondary N) is 2. The summed E-state index contributed by atoms with van der Waals surface area (Å²) in [5, 5.41) is 2.94. The lowest BCUT2D eigenvalue weighted by Crippen LogP contribution is -2.44. The van der Waals surface area contributed by atoms with E-state index in [-0.39, 0.29) is 72.6 Å². The number of imide groups is 1. The van der Waals surface area contributed by atoms with Crippen LogP contribution in [0.15, 0.2) is 83.7 Å². The molecule has 9 rings (SSSR count). The smallest absolute Gasteiger partial charge is 0.329 e. The van der Waals surface area contributed by atoms with Crippen molar-refractivity contribution in [1.82, 2.24) is 28.4 Å². The second-order valence-corrected chi connectivity index (χ2v) is 20.0. The quantitative estimate of drug-likeness (QED) is 0.135. The second kappa shape index (κ2) is 16.3. The first kappa shape index (κ1) is 41.8. The van der Waals surface area contributed by atoms with Crippen LogP contribution in [-0.4, -0.2) is 98.6 Å². The summed E-state index contributed by atoms with van der Waals surface area (Å²) in [6.45, 7) is 1.58. The van der Waals surface area contributed by atoms with Crippen molar-refractivity contribution in [3.05, 3.63) is 112 Å². The largest absolute Gasteiger partial charge is 0.487 e. The molecule has 0 saturated carbocycles. The number of halogens is 1. The number of aryl methyl sites for hydroxylation is 1.